The highest BCUT2D eigenvalue weighted by Gasteiger charge is 2.57. The van der Waals surface area contributed by atoms with Crippen LogP contribution in [0.3, 0.4) is 0 Å². The summed E-state index contributed by atoms with van der Waals surface area (Å²) in [4.78, 5) is 30.5. The van der Waals surface area contributed by atoms with Crippen molar-refractivity contribution in [3.63, 3.8) is 0 Å². The molecule has 5 aliphatic rings. The van der Waals surface area contributed by atoms with Gasteiger partial charge in [0.05, 0.1) is 0 Å². The van der Waals surface area contributed by atoms with Crippen LogP contribution in [0.25, 0.3) is 0 Å². The first-order valence-electron chi connectivity index (χ1n) is 9.12. The summed E-state index contributed by atoms with van der Waals surface area (Å²) in [6.07, 6.45) is 9.57. The molecule has 6 heteroatoms. The number of carbonyl (C=O) groups is 2. The second kappa shape index (κ2) is 4.83. The van der Waals surface area contributed by atoms with Crippen LogP contribution in [-0.4, -0.2) is 34.3 Å². The van der Waals surface area contributed by atoms with Crippen LogP contribution in [0.4, 0.5) is 0 Å². The summed E-state index contributed by atoms with van der Waals surface area (Å²) in [5.41, 5.74) is 6.24. The molecular weight excluding hydrogens is 306 g/mol. The van der Waals surface area contributed by atoms with E-state index in [1.807, 2.05) is 0 Å². The highest BCUT2D eigenvalue weighted by Crippen LogP contribution is 2.58. The summed E-state index contributed by atoms with van der Waals surface area (Å²) < 4.78 is 5.47. The summed E-state index contributed by atoms with van der Waals surface area (Å²) in [7, 11) is 0. The van der Waals surface area contributed by atoms with Gasteiger partial charge >= 0.3 is 0 Å². The van der Waals surface area contributed by atoms with E-state index in [9.17, 15) is 9.59 Å². The van der Waals surface area contributed by atoms with Gasteiger partial charge in [0.1, 0.15) is 5.76 Å². The summed E-state index contributed by atoms with van der Waals surface area (Å²) in [6, 6.07) is 0.158. The number of hydrogen-bond acceptors (Lipinski definition) is 4. The van der Waals surface area contributed by atoms with Crippen molar-refractivity contribution in [2.24, 2.45) is 23.0 Å². The van der Waals surface area contributed by atoms with Gasteiger partial charge in [-0.2, -0.15) is 0 Å². The van der Waals surface area contributed by atoms with Gasteiger partial charge in [-0.05, 0) is 56.3 Å². The summed E-state index contributed by atoms with van der Waals surface area (Å²) in [6.45, 7) is 0.786. The molecule has 24 heavy (non-hydrogen) atoms. The Balaban J connectivity index is 1.30. The SMILES string of the molecule is NC(=O)c1ncoc1C1C2CC1N(C(=O)C1CCC3(CC1)CC3)C2. The van der Waals surface area contributed by atoms with E-state index in [0.29, 0.717) is 23.0 Å². The first-order chi connectivity index (χ1) is 11.6. The van der Waals surface area contributed by atoms with Crippen molar-refractivity contribution < 1.29 is 14.0 Å². The van der Waals surface area contributed by atoms with Crippen LogP contribution in [0.5, 0.6) is 0 Å². The number of primary amides is 1. The van der Waals surface area contributed by atoms with Crippen LogP contribution in [-0.2, 0) is 4.79 Å². The fourth-order valence-corrected chi connectivity index (χ4v) is 5.33. The molecule has 2 amide bonds. The number of nitrogens with two attached hydrogens (primary N) is 1. The molecule has 6 rings (SSSR count). The van der Waals surface area contributed by atoms with Crippen molar-refractivity contribution in [3.8, 4) is 0 Å². The van der Waals surface area contributed by atoms with Crippen LogP contribution in [0.2, 0.25) is 0 Å². The first kappa shape index (κ1) is 14.5. The van der Waals surface area contributed by atoms with Crippen LogP contribution in [0, 0.1) is 17.3 Å². The van der Waals surface area contributed by atoms with Crippen LogP contribution >= 0.6 is 0 Å². The number of oxazole rings is 1. The zero-order valence-electron chi connectivity index (χ0n) is 13.7. The van der Waals surface area contributed by atoms with E-state index in [4.69, 9.17) is 10.2 Å². The molecule has 3 aliphatic carbocycles. The van der Waals surface area contributed by atoms with E-state index in [0.717, 1.165) is 25.8 Å². The maximum absolute atomic E-state index is 13.0. The van der Waals surface area contributed by atoms with E-state index in [-0.39, 0.29) is 23.6 Å². The third-order valence-corrected chi connectivity index (χ3v) is 7.06. The van der Waals surface area contributed by atoms with Crippen molar-refractivity contribution in [3.05, 3.63) is 17.8 Å². The van der Waals surface area contributed by atoms with E-state index in [1.165, 1.54) is 32.1 Å². The number of rotatable bonds is 3. The van der Waals surface area contributed by atoms with Gasteiger partial charge in [0, 0.05) is 24.4 Å². The molecule has 0 radical (unpaired) electrons. The first-order valence-corrected chi connectivity index (χ1v) is 9.12. The van der Waals surface area contributed by atoms with Gasteiger partial charge in [0.15, 0.2) is 12.1 Å². The number of nitrogens with zero attached hydrogens (tertiary/aromatic N) is 2. The zero-order chi connectivity index (χ0) is 16.5. The van der Waals surface area contributed by atoms with Gasteiger partial charge in [0.25, 0.3) is 5.91 Å². The van der Waals surface area contributed by atoms with Crippen LogP contribution < -0.4 is 5.73 Å². The molecule has 3 atom stereocenters. The molecule has 2 bridgehead atoms. The second-order valence-electron chi connectivity index (χ2n) is 8.28. The molecular formula is C18H23N3O3. The van der Waals surface area contributed by atoms with E-state index >= 15 is 0 Å². The highest BCUT2D eigenvalue weighted by molar-refractivity contribution is 5.92. The number of aromatic nitrogens is 1. The van der Waals surface area contributed by atoms with Crippen molar-refractivity contribution in [1.82, 2.24) is 9.88 Å². The molecule has 1 spiro atoms. The standard InChI is InChI=1S/C18H23N3O3/c19-16(22)14-15(24-9-20-14)13-11-7-12(13)21(8-11)17(23)10-1-3-18(4-2-10)5-6-18/h9-13H,1-8H2,(H2,19,22). The Labute approximate surface area is 140 Å². The van der Waals surface area contributed by atoms with Gasteiger partial charge in [0.2, 0.25) is 5.91 Å². The maximum atomic E-state index is 13.0. The third kappa shape index (κ3) is 1.98. The normalized spacial score (nSPS) is 33.5. The fourth-order valence-electron chi connectivity index (χ4n) is 5.33. The molecule has 2 saturated heterocycles. The van der Waals surface area contributed by atoms with Gasteiger partial charge in [-0.25, -0.2) is 4.98 Å². The molecule has 3 saturated carbocycles. The van der Waals surface area contributed by atoms with Gasteiger partial charge in [-0.1, -0.05) is 0 Å². The van der Waals surface area contributed by atoms with Crippen LogP contribution in [0.15, 0.2) is 10.8 Å². The highest BCUT2D eigenvalue weighted by atomic mass is 16.3. The predicted molar refractivity (Wildman–Crippen MR) is 85.0 cm³/mol. The lowest BCUT2D eigenvalue weighted by Crippen LogP contribution is -2.43. The average Bonchev–Trinajstić information content (AvgIpc) is 2.99. The Bertz CT molecular complexity index is 698. The minimum atomic E-state index is -0.551. The molecule has 0 aromatic carbocycles. The second-order valence-corrected chi connectivity index (χ2v) is 8.28. The molecule has 1 aromatic rings. The minimum absolute atomic E-state index is 0.0947. The Morgan fingerprint density at radius 1 is 1.25 bits per heavy atom. The summed E-state index contributed by atoms with van der Waals surface area (Å²) >= 11 is 0. The number of hydrogen-bond donors (Lipinski definition) is 1. The lowest BCUT2D eigenvalue weighted by Gasteiger charge is -2.37. The Morgan fingerprint density at radius 2 is 2.00 bits per heavy atom. The zero-order valence-corrected chi connectivity index (χ0v) is 13.7. The monoisotopic (exact) mass is 329 g/mol. The quantitative estimate of drug-likeness (QED) is 0.919. The van der Waals surface area contributed by atoms with Crippen LogP contribution in [0.1, 0.15) is 67.1 Å². The van der Waals surface area contributed by atoms with Crippen molar-refractivity contribution >= 4 is 11.8 Å². The molecule has 3 heterocycles. The Kier molecular flexibility index (Phi) is 2.92. The predicted octanol–water partition coefficient (Wildman–Crippen LogP) is 2.06. The van der Waals surface area contributed by atoms with Gasteiger partial charge < -0.3 is 15.1 Å². The smallest absolute Gasteiger partial charge is 0.270 e. The number of amides is 2. The fraction of sp³-hybridized carbons (Fsp3) is 0.722. The van der Waals surface area contributed by atoms with Gasteiger partial charge in [-0.3, -0.25) is 9.59 Å². The Morgan fingerprint density at radius 3 is 2.67 bits per heavy atom. The minimum Gasteiger partial charge on any atom is -0.447 e. The van der Waals surface area contributed by atoms with Crippen molar-refractivity contribution in [2.75, 3.05) is 6.54 Å². The summed E-state index contributed by atoms with van der Waals surface area (Å²) in [5, 5.41) is 0. The largest absolute Gasteiger partial charge is 0.447 e. The molecule has 6 nitrogen and oxygen atoms in total. The number of carbonyl (C=O) groups excluding carboxylic acids is 2. The molecule has 3 unspecified atom stereocenters. The third-order valence-electron chi connectivity index (χ3n) is 7.06. The summed E-state index contributed by atoms with van der Waals surface area (Å²) in [5.74, 6) is 1.02. The molecule has 1 aromatic heterocycles. The van der Waals surface area contributed by atoms with Crippen molar-refractivity contribution in [1.29, 1.82) is 0 Å². The van der Waals surface area contributed by atoms with Crippen molar-refractivity contribution in [2.45, 2.75) is 56.9 Å². The van der Waals surface area contributed by atoms with E-state index < -0.39 is 5.91 Å². The number of fused-ring (bicyclic) bond motifs is 1. The molecule has 2 aliphatic heterocycles. The topological polar surface area (TPSA) is 89.4 Å². The lowest BCUT2D eigenvalue weighted by atomic mass is 9.71. The molecule has 2 N–H and O–H groups in total. The molecule has 128 valence electrons. The maximum Gasteiger partial charge on any atom is 0.270 e. The lowest BCUT2D eigenvalue weighted by molar-refractivity contribution is -0.137. The Hall–Kier alpha value is -1.85. The van der Waals surface area contributed by atoms with E-state index in [1.54, 1.807) is 0 Å². The average molecular weight is 329 g/mol. The van der Waals surface area contributed by atoms with E-state index in [2.05, 4.69) is 9.88 Å². The van der Waals surface area contributed by atoms with Gasteiger partial charge in [-0.15, -0.1) is 0 Å². The molecule has 5 fully saturated rings.